The van der Waals surface area contributed by atoms with Gasteiger partial charge in [0, 0.05) is 28.1 Å². The number of halogens is 1. The smallest absolute Gasteiger partial charge is 0.319 e. The van der Waals surface area contributed by atoms with E-state index in [9.17, 15) is 4.79 Å². The minimum Gasteiger partial charge on any atom is -0.355 e. The minimum atomic E-state index is -0.145. The Hall–Kier alpha value is -2.20. The molecule has 108 valence electrons. The number of hydrogen-bond acceptors (Lipinski definition) is 2. The van der Waals surface area contributed by atoms with E-state index in [2.05, 4.69) is 16.0 Å². The van der Waals surface area contributed by atoms with Crippen LogP contribution in [0.2, 0.25) is 5.02 Å². The molecule has 2 aromatic rings. The third kappa shape index (κ3) is 4.13. The summed E-state index contributed by atoms with van der Waals surface area (Å²) in [5, 5.41) is 9.64. The summed E-state index contributed by atoms with van der Waals surface area (Å²) >= 11 is 5.95. The molecule has 1 aliphatic carbocycles. The number of anilines is 3. The first-order valence-corrected chi connectivity index (χ1v) is 7.27. The molecule has 1 fully saturated rings. The van der Waals surface area contributed by atoms with Crippen molar-refractivity contribution in [2.24, 2.45) is 0 Å². The van der Waals surface area contributed by atoms with Crippen molar-refractivity contribution in [2.45, 2.75) is 18.9 Å². The number of urea groups is 1. The van der Waals surface area contributed by atoms with Crippen molar-refractivity contribution in [1.29, 1.82) is 0 Å². The zero-order valence-electron chi connectivity index (χ0n) is 11.4. The molecule has 0 aromatic heterocycles. The molecular formula is C16H16ClN3O. The summed E-state index contributed by atoms with van der Waals surface area (Å²) in [7, 11) is 0. The SMILES string of the molecule is O=C(Nc1ccc(Nc2cccc(Cl)c2)cc1)NC1CC1. The fourth-order valence-corrected chi connectivity index (χ4v) is 2.14. The van der Waals surface area contributed by atoms with Crippen molar-refractivity contribution in [3.63, 3.8) is 0 Å². The molecule has 3 rings (SSSR count). The van der Waals surface area contributed by atoms with Gasteiger partial charge in [-0.15, -0.1) is 0 Å². The number of rotatable bonds is 4. The quantitative estimate of drug-likeness (QED) is 0.785. The molecule has 4 nitrogen and oxygen atoms in total. The maximum absolute atomic E-state index is 11.6. The van der Waals surface area contributed by atoms with Crippen LogP contribution in [0.15, 0.2) is 48.5 Å². The van der Waals surface area contributed by atoms with E-state index in [0.29, 0.717) is 11.1 Å². The number of hydrogen-bond donors (Lipinski definition) is 3. The number of carbonyl (C=O) groups is 1. The Morgan fingerprint density at radius 1 is 1.00 bits per heavy atom. The average Bonchev–Trinajstić information content (AvgIpc) is 3.25. The Morgan fingerprint density at radius 2 is 1.71 bits per heavy atom. The molecular weight excluding hydrogens is 286 g/mol. The largest absolute Gasteiger partial charge is 0.355 e. The van der Waals surface area contributed by atoms with Gasteiger partial charge in [0.25, 0.3) is 0 Å². The summed E-state index contributed by atoms with van der Waals surface area (Å²) in [6, 6.07) is 15.3. The number of amides is 2. The van der Waals surface area contributed by atoms with Gasteiger partial charge in [-0.3, -0.25) is 0 Å². The van der Waals surface area contributed by atoms with Crippen LogP contribution in [-0.4, -0.2) is 12.1 Å². The Labute approximate surface area is 128 Å². The van der Waals surface area contributed by atoms with Crippen molar-refractivity contribution < 1.29 is 4.79 Å². The molecule has 5 heteroatoms. The van der Waals surface area contributed by atoms with Gasteiger partial charge in [0.05, 0.1) is 0 Å². The Bertz CT molecular complexity index is 638. The highest BCUT2D eigenvalue weighted by Crippen LogP contribution is 2.22. The summed E-state index contributed by atoms with van der Waals surface area (Å²) in [5.74, 6) is 0. The van der Waals surface area contributed by atoms with Gasteiger partial charge in [-0.1, -0.05) is 17.7 Å². The molecule has 1 saturated carbocycles. The number of nitrogens with one attached hydrogen (secondary N) is 3. The van der Waals surface area contributed by atoms with Crippen LogP contribution in [0.5, 0.6) is 0 Å². The molecule has 0 saturated heterocycles. The van der Waals surface area contributed by atoms with E-state index in [-0.39, 0.29) is 6.03 Å². The highest BCUT2D eigenvalue weighted by atomic mass is 35.5. The zero-order chi connectivity index (χ0) is 14.7. The van der Waals surface area contributed by atoms with Crippen LogP contribution in [0.3, 0.4) is 0 Å². The molecule has 0 spiro atoms. The molecule has 0 bridgehead atoms. The second-order valence-electron chi connectivity index (χ2n) is 5.09. The summed E-state index contributed by atoms with van der Waals surface area (Å²) in [6.07, 6.45) is 2.16. The van der Waals surface area contributed by atoms with Gasteiger partial charge in [0.2, 0.25) is 0 Å². The first kappa shape index (κ1) is 13.8. The fraction of sp³-hybridized carbons (Fsp3) is 0.188. The first-order valence-electron chi connectivity index (χ1n) is 6.89. The highest BCUT2D eigenvalue weighted by Gasteiger charge is 2.23. The van der Waals surface area contributed by atoms with Gasteiger partial charge in [0.15, 0.2) is 0 Å². The van der Waals surface area contributed by atoms with Crippen LogP contribution >= 0.6 is 11.6 Å². The summed E-state index contributed by atoms with van der Waals surface area (Å²) in [5.41, 5.74) is 2.63. The summed E-state index contributed by atoms with van der Waals surface area (Å²) < 4.78 is 0. The van der Waals surface area contributed by atoms with Crippen molar-refractivity contribution in [2.75, 3.05) is 10.6 Å². The number of benzene rings is 2. The first-order chi connectivity index (χ1) is 10.2. The molecule has 0 heterocycles. The Kier molecular flexibility index (Phi) is 3.97. The lowest BCUT2D eigenvalue weighted by Crippen LogP contribution is -2.30. The van der Waals surface area contributed by atoms with Gasteiger partial charge in [-0.25, -0.2) is 4.79 Å². The predicted octanol–water partition coefficient (Wildman–Crippen LogP) is 4.37. The van der Waals surface area contributed by atoms with E-state index in [4.69, 9.17) is 11.6 Å². The lowest BCUT2D eigenvalue weighted by Gasteiger charge is -2.09. The van der Waals surface area contributed by atoms with Crippen LogP contribution in [0.25, 0.3) is 0 Å². The van der Waals surface area contributed by atoms with E-state index < -0.39 is 0 Å². The van der Waals surface area contributed by atoms with Crippen molar-refractivity contribution in [1.82, 2.24) is 5.32 Å². The zero-order valence-corrected chi connectivity index (χ0v) is 12.2. The molecule has 0 aliphatic heterocycles. The predicted molar refractivity (Wildman–Crippen MR) is 86.4 cm³/mol. The van der Waals surface area contributed by atoms with Crippen molar-refractivity contribution in [3.05, 3.63) is 53.6 Å². The molecule has 0 unspecified atom stereocenters. The second kappa shape index (κ2) is 6.06. The third-order valence-electron chi connectivity index (χ3n) is 3.17. The maximum Gasteiger partial charge on any atom is 0.319 e. The van der Waals surface area contributed by atoms with Crippen LogP contribution in [0.1, 0.15) is 12.8 Å². The molecule has 2 amide bonds. The van der Waals surface area contributed by atoms with E-state index in [0.717, 1.165) is 29.9 Å². The van der Waals surface area contributed by atoms with Crippen molar-refractivity contribution in [3.8, 4) is 0 Å². The molecule has 3 N–H and O–H groups in total. The number of carbonyl (C=O) groups excluding carboxylic acids is 1. The van der Waals surface area contributed by atoms with Gasteiger partial charge in [-0.2, -0.15) is 0 Å². The molecule has 2 aromatic carbocycles. The monoisotopic (exact) mass is 301 g/mol. The molecule has 0 atom stereocenters. The molecule has 0 radical (unpaired) electrons. The highest BCUT2D eigenvalue weighted by molar-refractivity contribution is 6.30. The van der Waals surface area contributed by atoms with Crippen LogP contribution in [0.4, 0.5) is 21.9 Å². The van der Waals surface area contributed by atoms with Gasteiger partial charge < -0.3 is 16.0 Å². The average molecular weight is 302 g/mol. The minimum absolute atomic E-state index is 0.145. The normalized spacial score (nSPS) is 13.6. The summed E-state index contributed by atoms with van der Waals surface area (Å²) in [6.45, 7) is 0. The van der Waals surface area contributed by atoms with E-state index >= 15 is 0 Å². The van der Waals surface area contributed by atoms with Crippen LogP contribution < -0.4 is 16.0 Å². The van der Waals surface area contributed by atoms with Crippen LogP contribution in [-0.2, 0) is 0 Å². The maximum atomic E-state index is 11.6. The van der Waals surface area contributed by atoms with E-state index in [1.54, 1.807) is 0 Å². The molecule has 21 heavy (non-hydrogen) atoms. The van der Waals surface area contributed by atoms with Gasteiger partial charge in [0.1, 0.15) is 0 Å². The molecule has 1 aliphatic rings. The van der Waals surface area contributed by atoms with Crippen LogP contribution in [0, 0.1) is 0 Å². The Morgan fingerprint density at radius 3 is 2.38 bits per heavy atom. The topological polar surface area (TPSA) is 53.2 Å². The lowest BCUT2D eigenvalue weighted by molar-refractivity contribution is 0.251. The fourth-order valence-electron chi connectivity index (χ4n) is 1.95. The van der Waals surface area contributed by atoms with E-state index in [1.807, 2.05) is 48.5 Å². The van der Waals surface area contributed by atoms with Crippen molar-refractivity contribution >= 4 is 34.7 Å². The second-order valence-corrected chi connectivity index (χ2v) is 5.52. The standard InChI is InChI=1S/C16H16ClN3O/c17-11-2-1-3-15(10-11)18-12-4-6-13(7-5-12)19-16(21)20-14-8-9-14/h1-7,10,14,18H,8-9H2,(H2,19,20,21). The van der Waals surface area contributed by atoms with Gasteiger partial charge >= 0.3 is 6.03 Å². The summed E-state index contributed by atoms with van der Waals surface area (Å²) in [4.78, 5) is 11.6. The van der Waals surface area contributed by atoms with E-state index in [1.165, 1.54) is 0 Å². The third-order valence-corrected chi connectivity index (χ3v) is 3.40. The Balaban J connectivity index is 1.59. The lowest BCUT2D eigenvalue weighted by atomic mass is 10.2. The van der Waals surface area contributed by atoms with Gasteiger partial charge in [-0.05, 0) is 55.3 Å².